The molecule has 0 saturated carbocycles. The summed E-state index contributed by atoms with van der Waals surface area (Å²) in [6.07, 6.45) is 0. The normalized spacial score (nSPS) is 11.5. The molecule has 2 N–H and O–H groups in total. The number of carbonyl (C=O) groups excluding carboxylic acids is 2. The van der Waals surface area contributed by atoms with Crippen LogP contribution < -0.4 is 67.1 Å². The van der Waals surface area contributed by atoms with E-state index in [0.717, 1.165) is 11.1 Å². The fourth-order valence-electron chi connectivity index (χ4n) is 3.90. The number of carbonyl (C=O) groups is 2. The standard InChI is InChI=1S/C24H14Cl2N2O3.K/c25-18-11-19(26)22(17-10-12(29)8-9-14(17)18)28-24(31)27-20-7-3-6-15-13-4-1-2-5-16(13)23(30)21(15)20;/h1-11,29H,(H2,27,28,31);/q;+1/p-1. The number of halogens is 2. The maximum absolute atomic E-state index is 12.9. The number of fused-ring (bicyclic) bond motifs is 4. The van der Waals surface area contributed by atoms with E-state index >= 15 is 0 Å². The SMILES string of the molecule is O=C(Nc1cccc2c1C(=O)c1ccccc1-2)Nc1c(Cl)cc(Cl)c2ccc([O-])cc12.[K+]. The number of hydrogen-bond donors (Lipinski definition) is 2. The van der Waals surface area contributed by atoms with Crippen LogP contribution in [0, 0.1) is 0 Å². The van der Waals surface area contributed by atoms with Crippen LogP contribution in [0.15, 0.2) is 66.7 Å². The molecule has 0 atom stereocenters. The van der Waals surface area contributed by atoms with Crippen LogP contribution in [0.2, 0.25) is 10.0 Å². The van der Waals surface area contributed by atoms with Crippen molar-refractivity contribution in [2.75, 3.05) is 10.6 Å². The van der Waals surface area contributed by atoms with E-state index in [0.29, 0.717) is 32.6 Å². The monoisotopic (exact) mass is 486 g/mol. The number of nitrogens with one attached hydrogen (secondary N) is 2. The van der Waals surface area contributed by atoms with E-state index in [1.165, 1.54) is 18.2 Å². The summed E-state index contributed by atoms with van der Waals surface area (Å²) in [5.74, 6) is -0.383. The molecule has 0 bridgehead atoms. The molecule has 0 aliphatic heterocycles. The number of ketones is 1. The molecule has 1 aliphatic carbocycles. The van der Waals surface area contributed by atoms with Gasteiger partial charge >= 0.3 is 57.4 Å². The van der Waals surface area contributed by atoms with Crippen LogP contribution in [0.4, 0.5) is 16.2 Å². The first-order valence-corrected chi connectivity index (χ1v) is 10.1. The molecule has 4 aromatic carbocycles. The second-order valence-corrected chi connectivity index (χ2v) is 7.92. The average molecular weight is 487 g/mol. The van der Waals surface area contributed by atoms with E-state index in [4.69, 9.17) is 23.2 Å². The average Bonchev–Trinajstić information content (AvgIpc) is 3.04. The van der Waals surface area contributed by atoms with Crippen molar-refractivity contribution in [1.82, 2.24) is 0 Å². The Morgan fingerprint density at radius 2 is 1.50 bits per heavy atom. The summed E-state index contributed by atoms with van der Waals surface area (Å²) in [5, 5.41) is 18.9. The van der Waals surface area contributed by atoms with Gasteiger partial charge in [-0.05, 0) is 23.3 Å². The minimum atomic E-state index is -0.598. The van der Waals surface area contributed by atoms with Gasteiger partial charge in [0.15, 0.2) is 5.78 Å². The Bertz CT molecular complexity index is 1420. The Hall–Kier alpha value is -1.90. The van der Waals surface area contributed by atoms with Crippen LogP contribution in [-0.2, 0) is 0 Å². The third-order valence-corrected chi connectivity index (χ3v) is 5.86. The van der Waals surface area contributed by atoms with Gasteiger partial charge in [0.2, 0.25) is 0 Å². The molecule has 1 aliphatic rings. The van der Waals surface area contributed by atoms with Crippen molar-refractivity contribution in [1.29, 1.82) is 0 Å². The molecule has 0 spiro atoms. The number of rotatable bonds is 2. The van der Waals surface area contributed by atoms with Gasteiger partial charge in [-0.1, -0.05) is 77.8 Å². The van der Waals surface area contributed by atoms with E-state index in [1.807, 2.05) is 18.2 Å². The minimum Gasteiger partial charge on any atom is -0.872 e. The summed E-state index contributed by atoms with van der Waals surface area (Å²) in [5.41, 5.74) is 3.29. The Morgan fingerprint density at radius 1 is 0.781 bits per heavy atom. The molecular formula is C24H13Cl2KN2O3. The van der Waals surface area contributed by atoms with Crippen molar-refractivity contribution >= 4 is 57.2 Å². The maximum atomic E-state index is 12.9. The van der Waals surface area contributed by atoms with Crippen LogP contribution >= 0.6 is 23.2 Å². The zero-order valence-corrected chi connectivity index (χ0v) is 21.5. The van der Waals surface area contributed by atoms with Gasteiger partial charge in [0.05, 0.1) is 27.0 Å². The molecule has 152 valence electrons. The Labute approximate surface area is 236 Å². The van der Waals surface area contributed by atoms with Gasteiger partial charge in [0, 0.05) is 16.3 Å². The quantitative estimate of drug-likeness (QED) is 0.376. The first-order chi connectivity index (χ1) is 14.9. The fourth-order valence-corrected chi connectivity index (χ4v) is 4.49. The molecule has 0 saturated heterocycles. The number of hydrogen-bond acceptors (Lipinski definition) is 3. The van der Waals surface area contributed by atoms with Gasteiger partial charge in [-0.25, -0.2) is 4.79 Å². The van der Waals surface area contributed by atoms with Crippen LogP contribution in [0.3, 0.4) is 0 Å². The van der Waals surface area contributed by atoms with Crippen molar-refractivity contribution in [2.24, 2.45) is 0 Å². The van der Waals surface area contributed by atoms with Crippen molar-refractivity contribution in [3.05, 3.63) is 87.9 Å². The van der Waals surface area contributed by atoms with Gasteiger partial charge in [-0.2, -0.15) is 0 Å². The van der Waals surface area contributed by atoms with E-state index < -0.39 is 6.03 Å². The van der Waals surface area contributed by atoms with Gasteiger partial charge in [0.1, 0.15) is 0 Å². The van der Waals surface area contributed by atoms with Crippen molar-refractivity contribution in [3.8, 4) is 16.9 Å². The molecule has 0 radical (unpaired) electrons. The maximum Gasteiger partial charge on any atom is 1.00 e. The molecule has 0 heterocycles. The summed E-state index contributed by atoms with van der Waals surface area (Å²) < 4.78 is 0. The van der Waals surface area contributed by atoms with Gasteiger partial charge < -0.3 is 15.7 Å². The van der Waals surface area contributed by atoms with Crippen molar-refractivity contribution in [3.63, 3.8) is 0 Å². The fraction of sp³-hybridized carbons (Fsp3) is 0. The van der Waals surface area contributed by atoms with E-state index in [1.54, 1.807) is 30.3 Å². The predicted molar refractivity (Wildman–Crippen MR) is 121 cm³/mol. The Kier molecular flexibility index (Phi) is 6.65. The number of urea groups is 1. The first kappa shape index (κ1) is 23.3. The van der Waals surface area contributed by atoms with Crippen LogP contribution in [0.1, 0.15) is 15.9 Å². The molecule has 5 rings (SSSR count). The molecule has 32 heavy (non-hydrogen) atoms. The summed E-state index contributed by atoms with van der Waals surface area (Å²) >= 11 is 12.5. The van der Waals surface area contributed by atoms with E-state index in [9.17, 15) is 14.7 Å². The molecule has 0 unspecified atom stereocenters. The zero-order chi connectivity index (χ0) is 21.7. The summed E-state index contributed by atoms with van der Waals surface area (Å²) in [4.78, 5) is 25.7. The summed E-state index contributed by atoms with van der Waals surface area (Å²) in [6, 6.07) is 17.9. The summed E-state index contributed by atoms with van der Waals surface area (Å²) in [6.45, 7) is 0. The second kappa shape index (κ2) is 9.15. The van der Waals surface area contributed by atoms with Crippen LogP contribution in [0.25, 0.3) is 21.9 Å². The van der Waals surface area contributed by atoms with Crippen LogP contribution in [-0.4, -0.2) is 11.8 Å². The van der Waals surface area contributed by atoms with E-state index in [-0.39, 0.29) is 73.6 Å². The largest absolute Gasteiger partial charge is 1.00 e. The smallest absolute Gasteiger partial charge is 0.872 e. The predicted octanol–water partition coefficient (Wildman–Crippen LogP) is 3.08. The third kappa shape index (κ3) is 3.97. The van der Waals surface area contributed by atoms with Gasteiger partial charge in [0.25, 0.3) is 0 Å². The van der Waals surface area contributed by atoms with Gasteiger partial charge in [-0.15, -0.1) is 5.75 Å². The third-order valence-electron chi connectivity index (χ3n) is 5.25. The molecule has 4 aromatic rings. The number of benzene rings is 4. The minimum absolute atomic E-state index is 0. The van der Waals surface area contributed by atoms with Crippen LogP contribution in [0.5, 0.6) is 5.75 Å². The number of amides is 2. The van der Waals surface area contributed by atoms with Gasteiger partial charge in [-0.3, -0.25) is 4.79 Å². The Balaban J connectivity index is 0.00000245. The second-order valence-electron chi connectivity index (χ2n) is 7.10. The zero-order valence-electron chi connectivity index (χ0n) is 16.8. The van der Waals surface area contributed by atoms with E-state index in [2.05, 4.69) is 10.6 Å². The molecular weight excluding hydrogens is 474 g/mol. The van der Waals surface area contributed by atoms with Crippen molar-refractivity contribution < 1.29 is 66.1 Å². The summed E-state index contributed by atoms with van der Waals surface area (Å²) in [7, 11) is 0. The van der Waals surface area contributed by atoms with Crippen molar-refractivity contribution in [2.45, 2.75) is 0 Å². The molecule has 0 fully saturated rings. The molecule has 2 amide bonds. The first-order valence-electron chi connectivity index (χ1n) is 9.38. The number of anilines is 2. The Morgan fingerprint density at radius 3 is 2.28 bits per heavy atom. The molecule has 8 heteroatoms. The topological polar surface area (TPSA) is 81.3 Å². The molecule has 0 aromatic heterocycles. The molecule has 5 nitrogen and oxygen atoms in total.